The molecular weight excluding hydrogens is 330 g/mol. The molecule has 140 valence electrons. The van der Waals surface area contributed by atoms with Crippen molar-refractivity contribution in [3.8, 4) is 0 Å². The van der Waals surface area contributed by atoms with Gasteiger partial charge in [-0.1, -0.05) is 44.0 Å². The molecule has 1 saturated carbocycles. The summed E-state index contributed by atoms with van der Waals surface area (Å²) in [4.78, 5) is 30.2. The van der Waals surface area contributed by atoms with Gasteiger partial charge in [-0.05, 0) is 36.3 Å². The summed E-state index contributed by atoms with van der Waals surface area (Å²) in [6.07, 6.45) is 4.91. The number of guanidine groups is 1. The fourth-order valence-corrected chi connectivity index (χ4v) is 3.58. The average molecular weight is 357 g/mol. The third kappa shape index (κ3) is 3.66. The van der Waals surface area contributed by atoms with Gasteiger partial charge in [-0.2, -0.15) is 0 Å². The maximum Gasteiger partial charge on any atom is 0.312 e. The highest BCUT2D eigenvalue weighted by molar-refractivity contribution is 6.07. The second-order valence-electron chi connectivity index (χ2n) is 7.20. The van der Waals surface area contributed by atoms with E-state index in [2.05, 4.69) is 17.2 Å². The second kappa shape index (κ2) is 7.35. The van der Waals surface area contributed by atoms with Gasteiger partial charge in [-0.25, -0.2) is 9.79 Å². The zero-order chi connectivity index (χ0) is 18.7. The van der Waals surface area contributed by atoms with Gasteiger partial charge < -0.3 is 16.8 Å². The molecule has 1 heterocycles. The fraction of sp³-hybridized carbons (Fsp3) is 0.526. The molecule has 0 saturated heterocycles. The predicted octanol–water partition coefficient (Wildman–Crippen LogP) is 1.85. The highest BCUT2D eigenvalue weighted by Gasteiger charge is 2.56. The summed E-state index contributed by atoms with van der Waals surface area (Å²) in [7, 11) is 0. The maximum atomic E-state index is 13.1. The Morgan fingerprint density at radius 1 is 1.31 bits per heavy atom. The number of aliphatic imine (C=N–C) groups is 1. The quantitative estimate of drug-likeness (QED) is 0.659. The molecule has 5 N–H and O–H groups in total. The Hall–Kier alpha value is -2.57. The Labute approximate surface area is 153 Å². The largest absolute Gasteiger partial charge is 0.369 e. The van der Waals surface area contributed by atoms with Crippen LogP contribution in [0.25, 0.3) is 0 Å². The van der Waals surface area contributed by atoms with E-state index >= 15 is 0 Å². The topological polar surface area (TPSA) is 114 Å². The van der Waals surface area contributed by atoms with E-state index in [1.54, 1.807) is 4.90 Å². The van der Waals surface area contributed by atoms with E-state index in [1.165, 1.54) is 0 Å². The highest BCUT2D eigenvalue weighted by Crippen LogP contribution is 2.48. The van der Waals surface area contributed by atoms with Crippen molar-refractivity contribution in [1.29, 1.82) is 0 Å². The van der Waals surface area contributed by atoms with E-state index in [0.717, 1.165) is 43.2 Å². The molecule has 0 radical (unpaired) electrons. The van der Waals surface area contributed by atoms with Crippen LogP contribution in [0.4, 0.5) is 4.79 Å². The molecule has 0 spiro atoms. The van der Waals surface area contributed by atoms with E-state index in [-0.39, 0.29) is 5.91 Å². The van der Waals surface area contributed by atoms with E-state index < -0.39 is 11.6 Å². The van der Waals surface area contributed by atoms with Crippen molar-refractivity contribution < 1.29 is 9.59 Å². The number of nitrogens with zero attached hydrogens (tertiary/aromatic N) is 2. The summed E-state index contributed by atoms with van der Waals surface area (Å²) in [6, 6.07) is 7.13. The highest BCUT2D eigenvalue weighted by atomic mass is 16.2. The number of carbonyl (C=O) groups is 2. The van der Waals surface area contributed by atoms with Gasteiger partial charge in [0.2, 0.25) is 0 Å². The number of primary amides is 1. The lowest BCUT2D eigenvalue weighted by molar-refractivity contribution is -0.132. The molecule has 1 aromatic rings. The molecule has 1 aromatic carbocycles. The van der Waals surface area contributed by atoms with Crippen LogP contribution in [0, 0.1) is 5.92 Å². The second-order valence-corrected chi connectivity index (χ2v) is 7.20. The zero-order valence-electron chi connectivity index (χ0n) is 15.2. The lowest BCUT2D eigenvalue weighted by atomic mass is 9.87. The van der Waals surface area contributed by atoms with Crippen LogP contribution in [0.15, 0.2) is 29.3 Å². The van der Waals surface area contributed by atoms with Gasteiger partial charge in [0.05, 0.1) is 6.54 Å². The molecule has 2 aliphatic rings. The standard InChI is InChI=1S/C19H27N5O2/c1-2-3-10-19(15-8-9-15)16(25)24(17(20)23-19)12-14-6-4-13(5-7-14)11-22-18(21)26/h4-7,15H,2-3,8-12H2,1H3,(H2,20,23)(H3,21,22,26). The van der Waals surface area contributed by atoms with Gasteiger partial charge in [0.15, 0.2) is 5.96 Å². The lowest BCUT2D eigenvalue weighted by Crippen LogP contribution is -2.45. The van der Waals surface area contributed by atoms with Gasteiger partial charge in [0.1, 0.15) is 5.54 Å². The number of carbonyl (C=O) groups excluding carboxylic acids is 2. The van der Waals surface area contributed by atoms with E-state index in [0.29, 0.717) is 25.0 Å². The number of nitrogens with two attached hydrogens (primary N) is 2. The normalized spacial score (nSPS) is 22.4. The maximum absolute atomic E-state index is 13.1. The summed E-state index contributed by atoms with van der Waals surface area (Å²) < 4.78 is 0. The molecule has 1 fully saturated rings. The van der Waals surface area contributed by atoms with Crippen LogP contribution in [0.3, 0.4) is 0 Å². The number of hydrogen-bond donors (Lipinski definition) is 3. The van der Waals surface area contributed by atoms with Crippen molar-refractivity contribution in [3.05, 3.63) is 35.4 Å². The Balaban J connectivity index is 1.69. The molecule has 7 nitrogen and oxygen atoms in total. The monoisotopic (exact) mass is 357 g/mol. The zero-order valence-corrected chi connectivity index (χ0v) is 15.2. The number of hydrogen-bond acceptors (Lipinski definition) is 4. The van der Waals surface area contributed by atoms with Crippen LogP contribution in [0.1, 0.15) is 50.2 Å². The molecule has 3 rings (SSSR count). The van der Waals surface area contributed by atoms with Gasteiger partial charge in [-0.15, -0.1) is 0 Å². The lowest BCUT2D eigenvalue weighted by Gasteiger charge is -2.26. The summed E-state index contributed by atoms with van der Waals surface area (Å²) in [5, 5.41) is 2.55. The summed E-state index contributed by atoms with van der Waals surface area (Å²) in [6.45, 7) is 2.92. The minimum Gasteiger partial charge on any atom is -0.369 e. The molecule has 3 amide bonds. The average Bonchev–Trinajstić information content (AvgIpc) is 3.44. The minimum absolute atomic E-state index is 0.0467. The first-order chi connectivity index (χ1) is 12.5. The summed E-state index contributed by atoms with van der Waals surface area (Å²) in [5.41, 5.74) is 12.5. The Morgan fingerprint density at radius 3 is 2.54 bits per heavy atom. The van der Waals surface area contributed by atoms with Crippen molar-refractivity contribution in [2.45, 2.75) is 57.7 Å². The summed E-state index contributed by atoms with van der Waals surface area (Å²) in [5.74, 6) is 0.718. The van der Waals surface area contributed by atoms with Crippen molar-refractivity contribution in [2.24, 2.45) is 22.4 Å². The number of rotatable bonds is 8. The van der Waals surface area contributed by atoms with E-state index in [4.69, 9.17) is 11.5 Å². The van der Waals surface area contributed by atoms with E-state index in [1.807, 2.05) is 24.3 Å². The Morgan fingerprint density at radius 2 is 1.96 bits per heavy atom. The van der Waals surface area contributed by atoms with Crippen molar-refractivity contribution in [1.82, 2.24) is 10.2 Å². The molecule has 1 aliphatic heterocycles. The third-order valence-electron chi connectivity index (χ3n) is 5.20. The van der Waals surface area contributed by atoms with Crippen LogP contribution in [0.5, 0.6) is 0 Å². The first-order valence-corrected chi connectivity index (χ1v) is 9.24. The molecular formula is C19H27N5O2. The van der Waals surface area contributed by atoms with Crippen LogP contribution in [-0.2, 0) is 17.9 Å². The number of benzene rings is 1. The van der Waals surface area contributed by atoms with Crippen LogP contribution < -0.4 is 16.8 Å². The first-order valence-electron chi connectivity index (χ1n) is 9.24. The van der Waals surface area contributed by atoms with Gasteiger partial charge >= 0.3 is 6.03 Å². The Bertz CT molecular complexity index is 711. The number of nitrogens with one attached hydrogen (secondary N) is 1. The first kappa shape index (κ1) is 18.2. The third-order valence-corrected chi connectivity index (χ3v) is 5.20. The molecule has 26 heavy (non-hydrogen) atoms. The molecule has 1 unspecified atom stereocenters. The van der Waals surface area contributed by atoms with Gasteiger partial charge in [0, 0.05) is 6.54 Å². The molecule has 0 aromatic heterocycles. The number of amides is 3. The van der Waals surface area contributed by atoms with Crippen LogP contribution in [-0.4, -0.2) is 28.3 Å². The predicted molar refractivity (Wildman–Crippen MR) is 100 cm³/mol. The molecule has 1 atom stereocenters. The molecule has 1 aliphatic carbocycles. The molecule has 7 heteroatoms. The van der Waals surface area contributed by atoms with Gasteiger partial charge in [-0.3, -0.25) is 9.69 Å². The Kier molecular flexibility index (Phi) is 5.15. The van der Waals surface area contributed by atoms with Gasteiger partial charge in [0.25, 0.3) is 5.91 Å². The fourth-order valence-electron chi connectivity index (χ4n) is 3.58. The van der Waals surface area contributed by atoms with Crippen LogP contribution in [0.2, 0.25) is 0 Å². The summed E-state index contributed by atoms with van der Waals surface area (Å²) >= 11 is 0. The van der Waals surface area contributed by atoms with E-state index in [9.17, 15) is 9.59 Å². The van der Waals surface area contributed by atoms with Crippen molar-refractivity contribution in [3.63, 3.8) is 0 Å². The van der Waals surface area contributed by atoms with Crippen molar-refractivity contribution in [2.75, 3.05) is 0 Å². The SMILES string of the molecule is CCCCC1(C2CC2)N=C(N)N(Cc2ccc(CNC(N)=O)cc2)C1=O. The molecule has 0 bridgehead atoms. The van der Waals surface area contributed by atoms with Crippen LogP contribution >= 0.6 is 0 Å². The smallest absolute Gasteiger partial charge is 0.312 e. The number of unbranched alkanes of at least 4 members (excludes halogenated alkanes) is 1. The minimum atomic E-state index is -0.633. The number of urea groups is 1. The van der Waals surface area contributed by atoms with Crippen molar-refractivity contribution >= 4 is 17.9 Å².